The first-order valence-corrected chi connectivity index (χ1v) is 5.57. The van der Waals surface area contributed by atoms with Gasteiger partial charge in [-0.3, -0.25) is 0 Å². The number of carbonyl (C=O) groups is 3. The molecular weight excluding hydrogens is 268 g/mol. The first kappa shape index (κ1) is 15.5. The maximum atomic E-state index is 11.4. The molecule has 20 heavy (non-hydrogen) atoms. The highest BCUT2D eigenvalue weighted by atomic mass is 16.7. The third-order valence-corrected chi connectivity index (χ3v) is 2.28. The van der Waals surface area contributed by atoms with Crippen molar-refractivity contribution in [3.8, 4) is 0 Å². The number of cyclic esters (lactones) is 1. The van der Waals surface area contributed by atoms with E-state index in [1.54, 1.807) is 6.92 Å². The van der Waals surface area contributed by atoms with Gasteiger partial charge in [0.25, 0.3) is 6.29 Å². The van der Waals surface area contributed by atoms with Crippen molar-refractivity contribution in [3.63, 3.8) is 0 Å². The topological polar surface area (TPSA) is 88.1 Å². The van der Waals surface area contributed by atoms with Crippen LogP contribution in [0.3, 0.4) is 0 Å². The van der Waals surface area contributed by atoms with Crippen molar-refractivity contribution < 1.29 is 33.3 Å². The summed E-state index contributed by atoms with van der Waals surface area (Å²) in [6.45, 7) is 1.58. The van der Waals surface area contributed by atoms with E-state index in [0.29, 0.717) is 5.57 Å². The van der Waals surface area contributed by atoms with Crippen LogP contribution in [0.2, 0.25) is 0 Å². The van der Waals surface area contributed by atoms with Gasteiger partial charge in [0.2, 0.25) is 0 Å². The minimum absolute atomic E-state index is 0.0353. The predicted octanol–water partition coefficient (Wildman–Crippen LogP) is 0.618. The molecule has 0 saturated heterocycles. The van der Waals surface area contributed by atoms with Crippen LogP contribution in [0.4, 0.5) is 0 Å². The Morgan fingerprint density at radius 2 is 1.95 bits per heavy atom. The lowest BCUT2D eigenvalue weighted by atomic mass is 10.2. The standard InChI is InChI=1S/C13H14O7/c1-8-6-11(20-12(8)15)19-7-9(13(16)18-3)4-5-10(14)17-2/h4-7,11H,1-3H3/b5-4+,9-7+. The molecule has 0 fully saturated rings. The van der Waals surface area contributed by atoms with E-state index in [4.69, 9.17) is 9.47 Å². The van der Waals surface area contributed by atoms with Crippen molar-refractivity contribution in [3.05, 3.63) is 35.6 Å². The predicted molar refractivity (Wildman–Crippen MR) is 66.0 cm³/mol. The smallest absolute Gasteiger partial charge is 0.340 e. The van der Waals surface area contributed by atoms with Gasteiger partial charge in [0, 0.05) is 17.7 Å². The Hall–Kier alpha value is -2.57. The summed E-state index contributed by atoms with van der Waals surface area (Å²) >= 11 is 0. The molecule has 0 saturated carbocycles. The summed E-state index contributed by atoms with van der Waals surface area (Å²) in [6.07, 6.45) is 3.79. The third kappa shape index (κ3) is 4.27. The lowest BCUT2D eigenvalue weighted by molar-refractivity contribution is -0.152. The Balaban J connectivity index is 2.76. The Bertz CT molecular complexity index is 499. The zero-order valence-electron chi connectivity index (χ0n) is 11.2. The fourth-order valence-corrected chi connectivity index (χ4v) is 1.21. The molecule has 1 rings (SSSR count). The largest absolute Gasteiger partial charge is 0.466 e. The summed E-state index contributed by atoms with van der Waals surface area (Å²) in [5.41, 5.74) is 0.375. The number of carbonyl (C=O) groups excluding carboxylic acids is 3. The molecular formula is C13H14O7. The Morgan fingerprint density at radius 1 is 1.25 bits per heavy atom. The van der Waals surface area contributed by atoms with Crippen LogP contribution >= 0.6 is 0 Å². The van der Waals surface area contributed by atoms with Crippen molar-refractivity contribution in [1.29, 1.82) is 0 Å². The molecule has 1 aliphatic rings. The average Bonchev–Trinajstić information content (AvgIpc) is 2.76. The molecule has 0 aromatic carbocycles. The second-order valence-electron chi connectivity index (χ2n) is 3.68. The summed E-state index contributed by atoms with van der Waals surface area (Å²) < 4.78 is 18.8. The van der Waals surface area contributed by atoms with E-state index in [1.807, 2.05) is 0 Å². The number of esters is 3. The van der Waals surface area contributed by atoms with Crippen molar-refractivity contribution in [2.45, 2.75) is 13.2 Å². The maximum Gasteiger partial charge on any atom is 0.340 e. The molecule has 7 heteroatoms. The van der Waals surface area contributed by atoms with Gasteiger partial charge in [-0.05, 0) is 13.0 Å². The lowest BCUT2D eigenvalue weighted by Gasteiger charge is -2.08. The molecule has 1 heterocycles. The van der Waals surface area contributed by atoms with Gasteiger partial charge < -0.3 is 18.9 Å². The third-order valence-electron chi connectivity index (χ3n) is 2.28. The number of hydrogen-bond donors (Lipinski definition) is 0. The number of ether oxygens (including phenoxy) is 4. The summed E-state index contributed by atoms with van der Waals surface area (Å²) in [6, 6.07) is 0. The highest BCUT2D eigenvalue weighted by Crippen LogP contribution is 2.15. The van der Waals surface area contributed by atoms with Crippen molar-refractivity contribution in [2.75, 3.05) is 14.2 Å². The van der Waals surface area contributed by atoms with E-state index in [0.717, 1.165) is 12.3 Å². The number of rotatable bonds is 5. The molecule has 0 aliphatic carbocycles. The number of hydrogen-bond acceptors (Lipinski definition) is 7. The minimum Gasteiger partial charge on any atom is -0.466 e. The monoisotopic (exact) mass is 282 g/mol. The van der Waals surface area contributed by atoms with Crippen LogP contribution in [0.5, 0.6) is 0 Å². The Morgan fingerprint density at radius 3 is 2.45 bits per heavy atom. The van der Waals surface area contributed by atoms with Gasteiger partial charge in [0.15, 0.2) is 0 Å². The van der Waals surface area contributed by atoms with Crippen LogP contribution in [-0.2, 0) is 33.3 Å². The first-order valence-electron chi connectivity index (χ1n) is 5.57. The summed E-state index contributed by atoms with van der Waals surface area (Å²) in [5, 5.41) is 0. The molecule has 0 spiro atoms. The average molecular weight is 282 g/mol. The molecule has 1 aliphatic heterocycles. The zero-order chi connectivity index (χ0) is 15.1. The molecule has 1 atom stereocenters. The highest BCUT2D eigenvalue weighted by molar-refractivity contribution is 5.93. The summed E-state index contributed by atoms with van der Waals surface area (Å²) in [7, 11) is 2.39. The Kier molecular flexibility index (Phi) is 5.52. The molecule has 108 valence electrons. The van der Waals surface area contributed by atoms with Crippen LogP contribution in [0.1, 0.15) is 6.92 Å². The second-order valence-corrected chi connectivity index (χ2v) is 3.68. The van der Waals surface area contributed by atoms with Gasteiger partial charge in [-0.1, -0.05) is 0 Å². The quantitative estimate of drug-likeness (QED) is 0.240. The summed E-state index contributed by atoms with van der Waals surface area (Å²) in [5.74, 6) is -1.84. The molecule has 1 unspecified atom stereocenters. The van der Waals surface area contributed by atoms with Gasteiger partial charge >= 0.3 is 17.9 Å². The van der Waals surface area contributed by atoms with Gasteiger partial charge in [0.1, 0.15) is 6.26 Å². The maximum absolute atomic E-state index is 11.4. The summed E-state index contributed by atoms with van der Waals surface area (Å²) in [4.78, 5) is 33.5. The van der Waals surface area contributed by atoms with E-state index < -0.39 is 24.2 Å². The molecule has 0 aromatic heterocycles. The van der Waals surface area contributed by atoms with Crippen molar-refractivity contribution in [1.82, 2.24) is 0 Å². The molecule has 7 nitrogen and oxygen atoms in total. The van der Waals surface area contributed by atoms with Gasteiger partial charge in [0.05, 0.1) is 19.8 Å². The van der Waals surface area contributed by atoms with Crippen LogP contribution < -0.4 is 0 Å². The van der Waals surface area contributed by atoms with Gasteiger partial charge in [-0.25, -0.2) is 14.4 Å². The van der Waals surface area contributed by atoms with Crippen molar-refractivity contribution >= 4 is 17.9 Å². The molecule has 0 N–H and O–H groups in total. The number of methoxy groups -OCH3 is 2. The van der Waals surface area contributed by atoms with E-state index >= 15 is 0 Å². The molecule has 0 amide bonds. The van der Waals surface area contributed by atoms with Crippen LogP contribution in [-0.4, -0.2) is 38.4 Å². The normalized spacial score (nSPS) is 18.6. The highest BCUT2D eigenvalue weighted by Gasteiger charge is 2.22. The van der Waals surface area contributed by atoms with E-state index in [-0.39, 0.29) is 5.57 Å². The SMILES string of the molecule is COC(=O)/C=C/C(=C\OC1C=C(C)C(=O)O1)C(=O)OC. The van der Waals surface area contributed by atoms with Crippen LogP contribution in [0.15, 0.2) is 35.6 Å². The first-order chi connectivity index (χ1) is 9.47. The molecule has 0 bridgehead atoms. The Labute approximate surface area is 115 Å². The molecule has 0 aromatic rings. The van der Waals surface area contributed by atoms with Gasteiger partial charge in [-0.2, -0.15) is 0 Å². The van der Waals surface area contributed by atoms with Gasteiger partial charge in [-0.15, -0.1) is 0 Å². The zero-order valence-corrected chi connectivity index (χ0v) is 11.2. The van der Waals surface area contributed by atoms with Crippen LogP contribution in [0.25, 0.3) is 0 Å². The van der Waals surface area contributed by atoms with Crippen LogP contribution in [0, 0.1) is 0 Å². The lowest BCUT2D eigenvalue weighted by Crippen LogP contribution is -2.11. The van der Waals surface area contributed by atoms with E-state index in [2.05, 4.69) is 9.47 Å². The van der Waals surface area contributed by atoms with E-state index in [9.17, 15) is 14.4 Å². The fourth-order valence-electron chi connectivity index (χ4n) is 1.21. The molecule has 0 radical (unpaired) electrons. The second kappa shape index (κ2) is 7.13. The minimum atomic E-state index is -0.909. The fraction of sp³-hybridized carbons (Fsp3) is 0.308. The van der Waals surface area contributed by atoms with Crippen molar-refractivity contribution in [2.24, 2.45) is 0 Å². The van der Waals surface area contributed by atoms with E-state index in [1.165, 1.54) is 26.4 Å².